The molecule has 1 aromatic rings. The normalized spacial score (nSPS) is 20.8. The number of carbonyl (C=O) groups excluding carboxylic acids is 1. The van der Waals surface area contributed by atoms with Crippen molar-refractivity contribution in [1.82, 2.24) is 14.7 Å². The second kappa shape index (κ2) is 5.52. The monoisotopic (exact) mass is 251 g/mol. The van der Waals surface area contributed by atoms with Gasteiger partial charge in [-0.3, -0.25) is 9.48 Å². The van der Waals surface area contributed by atoms with E-state index in [-0.39, 0.29) is 18.6 Å². The Morgan fingerprint density at radius 3 is 2.89 bits per heavy atom. The molecule has 1 aliphatic heterocycles. The molecule has 1 N–H and O–H groups in total. The molecular weight excluding hydrogens is 230 g/mol. The number of hydrogen-bond acceptors (Lipinski definition) is 3. The molecule has 1 amide bonds. The van der Waals surface area contributed by atoms with E-state index in [1.54, 1.807) is 10.9 Å². The Bertz CT molecular complexity index is 428. The van der Waals surface area contributed by atoms with Crippen molar-refractivity contribution in [3.8, 4) is 0 Å². The molecule has 0 bridgehead atoms. The summed E-state index contributed by atoms with van der Waals surface area (Å²) in [6, 6.07) is -0.0420. The van der Waals surface area contributed by atoms with Crippen molar-refractivity contribution >= 4 is 5.91 Å². The average molecular weight is 251 g/mol. The van der Waals surface area contributed by atoms with Gasteiger partial charge in [-0.05, 0) is 19.8 Å². The molecule has 2 heterocycles. The predicted octanol–water partition coefficient (Wildman–Crippen LogP) is 1.11. The molecule has 2 rings (SSSR count). The van der Waals surface area contributed by atoms with E-state index in [1.165, 1.54) is 0 Å². The lowest BCUT2D eigenvalue weighted by atomic mass is 10.1. The first-order valence-corrected chi connectivity index (χ1v) is 6.55. The smallest absolute Gasteiger partial charge is 0.257 e. The van der Waals surface area contributed by atoms with Gasteiger partial charge in [0.15, 0.2) is 0 Å². The Kier molecular flexibility index (Phi) is 4.01. The molecule has 0 radical (unpaired) electrons. The van der Waals surface area contributed by atoms with E-state index >= 15 is 0 Å². The molecule has 100 valence electrons. The lowest BCUT2D eigenvalue weighted by molar-refractivity contribution is 0.0599. The van der Waals surface area contributed by atoms with E-state index in [4.69, 9.17) is 0 Å². The summed E-state index contributed by atoms with van der Waals surface area (Å²) in [5.41, 5.74) is 1.40. The SMILES string of the molecule is Cc1nn(C)cc1C(=O)N1CCCCCC1CO. The van der Waals surface area contributed by atoms with E-state index in [0.29, 0.717) is 5.56 Å². The van der Waals surface area contributed by atoms with Gasteiger partial charge >= 0.3 is 0 Å². The maximum Gasteiger partial charge on any atom is 0.257 e. The van der Waals surface area contributed by atoms with E-state index in [0.717, 1.165) is 37.9 Å². The highest BCUT2D eigenvalue weighted by molar-refractivity contribution is 5.95. The number of aromatic nitrogens is 2. The first-order valence-electron chi connectivity index (χ1n) is 6.55. The van der Waals surface area contributed by atoms with Crippen LogP contribution in [0.3, 0.4) is 0 Å². The highest BCUT2D eigenvalue weighted by Gasteiger charge is 2.27. The summed E-state index contributed by atoms with van der Waals surface area (Å²) >= 11 is 0. The summed E-state index contributed by atoms with van der Waals surface area (Å²) < 4.78 is 1.66. The van der Waals surface area contributed by atoms with Crippen LogP contribution in [0.2, 0.25) is 0 Å². The topological polar surface area (TPSA) is 58.4 Å². The lowest BCUT2D eigenvalue weighted by Gasteiger charge is -2.28. The van der Waals surface area contributed by atoms with Crippen LogP contribution >= 0.6 is 0 Å². The minimum atomic E-state index is -0.0420. The average Bonchev–Trinajstić information content (AvgIpc) is 2.56. The molecule has 1 unspecified atom stereocenters. The number of nitrogens with zero attached hydrogens (tertiary/aromatic N) is 3. The second-order valence-electron chi connectivity index (χ2n) is 4.99. The van der Waals surface area contributed by atoms with Crippen molar-refractivity contribution in [3.05, 3.63) is 17.5 Å². The van der Waals surface area contributed by atoms with Gasteiger partial charge in [0.05, 0.1) is 23.9 Å². The molecule has 1 aromatic heterocycles. The maximum atomic E-state index is 12.5. The number of aliphatic hydroxyl groups is 1. The van der Waals surface area contributed by atoms with E-state index < -0.39 is 0 Å². The summed E-state index contributed by atoms with van der Waals surface area (Å²) in [5.74, 6) is 0.00144. The van der Waals surface area contributed by atoms with E-state index in [9.17, 15) is 9.90 Å². The van der Waals surface area contributed by atoms with Gasteiger partial charge in [-0.25, -0.2) is 0 Å². The third-order valence-electron chi connectivity index (χ3n) is 3.59. The van der Waals surface area contributed by atoms with Gasteiger partial charge in [-0.2, -0.15) is 5.10 Å². The summed E-state index contributed by atoms with van der Waals surface area (Å²) in [6.45, 7) is 2.63. The Morgan fingerprint density at radius 2 is 2.28 bits per heavy atom. The minimum absolute atomic E-state index is 0.00144. The largest absolute Gasteiger partial charge is 0.394 e. The zero-order valence-electron chi connectivity index (χ0n) is 11.1. The van der Waals surface area contributed by atoms with Crippen LogP contribution in [0.4, 0.5) is 0 Å². The molecule has 0 saturated carbocycles. The van der Waals surface area contributed by atoms with Gasteiger partial charge in [0, 0.05) is 19.8 Å². The first kappa shape index (κ1) is 13.1. The van der Waals surface area contributed by atoms with Crippen molar-refractivity contribution < 1.29 is 9.90 Å². The predicted molar refractivity (Wildman–Crippen MR) is 68.3 cm³/mol. The van der Waals surface area contributed by atoms with Crippen LogP contribution in [0.15, 0.2) is 6.20 Å². The van der Waals surface area contributed by atoms with Crippen molar-refractivity contribution in [1.29, 1.82) is 0 Å². The second-order valence-corrected chi connectivity index (χ2v) is 4.99. The number of carbonyl (C=O) groups is 1. The van der Waals surface area contributed by atoms with Crippen LogP contribution in [-0.4, -0.2) is 44.9 Å². The zero-order valence-corrected chi connectivity index (χ0v) is 11.1. The Morgan fingerprint density at radius 1 is 1.50 bits per heavy atom. The maximum absolute atomic E-state index is 12.5. The molecule has 18 heavy (non-hydrogen) atoms. The van der Waals surface area contributed by atoms with Crippen molar-refractivity contribution in [3.63, 3.8) is 0 Å². The van der Waals surface area contributed by atoms with Gasteiger partial charge in [-0.1, -0.05) is 12.8 Å². The fraction of sp³-hybridized carbons (Fsp3) is 0.692. The molecule has 1 aliphatic rings. The molecule has 1 atom stereocenters. The molecule has 0 aromatic carbocycles. The van der Waals surface area contributed by atoms with Gasteiger partial charge in [0.2, 0.25) is 0 Å². The molecule has 1 fully saturated rings. The minimum Gasteiger partial charge on any atom is -0.394 e. The summed E-state index contributed by atoms with van der Waals surface area (Å²) in [5, 5.41) is 13.6. The molecule has 0 spiro atoms. The number of amides is 1. The fourth-order valence-corrected chi connectivity index (χ4v) is 2.60. The number of hydrogen-bond donors (Lipinski definition) is 1. The highest BCUT2D eigenvalue weighted by atomic mass is 16.3. The Labute approximate surface area is 107 Å². The third kappa shape index (κ3) is 2.56. The third-order valence-corrected chi connectivity index (χ3v) is 3.59. The van der Waals surface area contributed by atoms with E-state index in [2.05, 4.69) is 5.10 Å². The Balaban J connectivity index is 2.22. The highest BCUT2D eigenvalue weighted by Crippen LogP contribution is 2.20. The molecule has 5 heteroatoms. The standard InChI is InChI=1S/C13H21N3O2/c1-10-12(8-15(2)14-10)13(18)16-7-5-3-4-6-11(16)9-17/h8,11,17H,3-7,9H2,1-2H3. The molecule has 5 nitrogen and oxygen atoms in total. The summed E-state index contributed by atoms with van der Waals surface area (Å²) in [4.78, 5) is 14.3. The Hall–Kier alpha value is -1.36. The lowest BCUT2D eigenvalue weighted by Crippen LogP contribution is -2.42. The zero-order chi connectivity index (χ0) is 13.1. The molecule has 1 saturated heterocycles. The van der Waals surface area contributed by atoms with Gasteiger partial charge < -0.3 is 10.0 Å². The number of aryl methyl sites for hydroxylation is 2. The first-order chi connectivity index (χ1) is 8.63. The van der Waals surface area contributed by atoms with E-state index in [1.807, 2.05) is 18.9 Å². The van der Waals surface area contributed by atoms with Crippen LogP contribution in [0.5, 0.6) is 0 Å². The van der Waals surface area contributed by atoms with Crippen LogP contribution in [0.25, 0.3) is 0 Å². The van der Waals surface area contributed by atoms with Gasteiger partial charge in [-0.15, -0.1) is 0 Å². The summed E-state index contributed by atoms with van der Waals surface area (Å²) in [7, 11) is 1.82. The van der Waals surface area contributed by atoms with Crippen LogP contribution in [-0.2, 0) is 7.05 Å². The quantitative estimate of drug-likeness (QED) is 0.856. The van der Waals surface area contributed by atoms with Gasteiger partial charge in [0.1, 0.15) is 0 Å². The number of likely N-dealkylation sites (tertiary alicyclic amines) is 1. The van der Waals surface area contributed by atoms with Crippen LogP contribution in [0, 0.1) is 6.92 Å². The van der Waals surface area contributed by atoms with Crippen molar-refractivity contribution in [2.24, 2.45) is 7.05 Å². The number of rotatable bonds is 2. The molecular formula is C13H21N3O2. The van der Waals surface area contributed by atoms with Crippen LogP contribution < -0.4 is 0 Å². The van der Waals surface area contributed by atoms with Gasteiger partial charge in [0.25, 0.3) is 5.91 Å². The molecule has 0 aliphatic carbocycles. The van der Waals surface area contributed by atoms with Crippen molar-refractivity contribution in [2.45, 2.75) is 38.6 Å². The fourth-order valence-electron chi connectivity index (χ4n) is 2.60. The number of aliphatic hydroxyl groups excluding tert-OH is 1. The van der Waals surface area contributed by atoms with Crippen molar-refractivity contribution in [2.75, 3.05) is 13.2 Å². The summed E-state index contributed by atoms with van der Waals surface area (Å²) in [6.07, 6.45) is 5.88. The van der Waals surface area contributed by atoms with Crippen LogP contribution in [0.1, 0.15) is 41.7 Å².